The average Bonchev–Trinajstić information content (AvgIpc) is 3.86. The SMILES string of the molecule is c1ccc(-c2nc3c(-c4ccc(N(c5ccccc5)c5cccc6c5oc5ccccc56)cc4)cc4oc5ccccc5c4c3s2)cc1. The zero-order valence-corrected chi connectivity index (χ0v) is 26.4. The van der Waals surface area contributed by atoms with Crippen LogP contribution in [0.15, 0.2) is 167 Å². The van der Waals surface area contributed by atoms with Gasteiger partial charge in [-0.25, -0.2) is 4.98 Å². The van der Waals surface area contributed by atoms with Gasteiger partial charge in [-0.05, 0) is 54.1 Å². The van der Waals surface area contributed by atoms with Gasteiger partial charge in [0, 0.05) is 44.0 Å². The van der Waals surface area contributed by atoms with Crippen LogP contribution in [0, 0.1) is 0 Å². The molecular formula is C43H26N2O2S. The number of nitrogens with zero attached hydrogens (tertiary/aromatic N) is 2. The van der Waals surface area contributed by atoms with Crippen LogP contribution < -0.4 is 4.90 Å². The normalized spacial score (nSPS) is 11.8. The number of rotatable bonds is 5. The Bertz CT molecular complexity index is 2780. The Kier molecular flexibility index (Phi) is 6.01. The Morgan fingerprint density at radius 1 is 0.500 bits per heavy atom. The zero-order chi connectivity index (χ0) is 31.6. The third-order valence-corrected chi connectivity index (χ3v) is 10.2. The van der Waals surface area contributed by atoms with Crippen LogP contribution in [0.3, 0.4) is 0 Å². The molecule has 0 aliphatic carbocycles. The van der Waals surface area contributed by atoms with E-state index in [0.717, 1.165) is 92.9 Å². The number of fused-ring (bicyclic) bond motifs is 8. The first-order valence-corrected chi connectivity index (χ1v) is 16.8. The van der Waals surface area contributed by atoms with E-state index in [9.17, 15) is 0 Å². The highest BCUT2D eigenvalue weighted by molar-refractivity contribution is 7.22. The number of thiazole rings is 1. The summed E-state index contributed by atoms with van der Waals surface area (Å²) in [4.78, 5) is 7.52. The lowest BCUT2D eigenvalue weighted by atomic mass is 10.0. The summed E-state index contributed by atoms with van der Waals surface area (Å²) >= 11 is 1.72. The van der Waals surface area contributed by atoms with Gasteiger partial charge in [0.05, 0.1) is 15.9 Å². The molecule has 0 amide bonds. The van der Waals surface area contributed by atoms with E-state index in [-0.39, 0.29) is 0 Å². The number of furan rings is 2. The van der Waals surface area contributed by atoms with Crippen LogP contribution >= 0.6 is 11.3 Å². The van der Waals surface area contributed by atoms with E-state index in [1.165, 1.54) is 0 Å². The molecule has 0 N–H and O–H groups in total. The fraction of sp³-hybridized carbons (Fsp3) is 0. The van der Waals surface area contributed by atoms with Crippen molar-refractivity contribution in [2.24, 2.45) is 0 Å². The lowest BCUT2D eigenvalue weighted by Crippen LogP contribution is -2.10. The fourth-order valence-electron chi connectivity index (χ4n) is 6.90. The molecule has 0 atom stereocenters. The van der Waals surface area contributed by atoms with Crippen LogP contribution in [0.4, 0.5) is 17.1 Å². The third-order valence-electron chi connectivity index (χ3n) is 9.10. The number of para-hydroxylation sites is 4. The maximum absolute atomic E-state index is 6.49. The summed E-state index contributed by atoms with van der Waals surface area (Å²) in [5, 5.41) is 5.44. The molecule has 0 saturated heterocycles. The molecule has 0 aliphatic rings. The van der Waals surface area contributed by atoms with Gasteiger partial charge in [0.25, 0.3) is 0 Å². The first kappa shape index (κ1) is 27.0. The van der Waals surface area contributed by atoms with Crippen molar-refractivity contribution in [3.05, 3.63) is 158 Å². The highest BCUT2D eigenvalue weighted by Gasteiger charge is 2.22. The quantitative estimate of drug-likeness (QED) is 0.189. The van der Waals surface area contributed by atoms with Gasteiger partial charge in [-0.1, -0.05) is 109 Å². The minimum absolute atomic E-state index is 0.861. The number of benzene rings is 7. The largest absolute Gasteiger partial charge is 0.456 e. The number of hydrogen-bond acceptors (Lipinski definition) is 5. The third kappa shape index (κ3) is 4.18. The molecule has 48 heavy (non-hydrogen) atoms. The molecule has 0 saturated carbocycles. The minimum Gasteiger partial charge on any atom is -0.456 e. The maximum atomic E-state index is 6.49. The van der Waals surface area contributed by atoms with Gasteiger partial charge in [0.15, 0.2) is 5.58 Å². The molecule has 226 valence electrons. The predicted octanol–water partition coefficient (Wildman–Crippen LogP) is 12.9. The second kappa shape index (κ2) is 10.7. The summed E-state index contributed by atoms with van der Waals surface area (Å²) in [6, 6.07) is 54.6. The molecule has 0 unspecified atom stereocenters. The first-order chi connectivity index (χ1) is 23.8. The zero-order valence-electron chi connectivity index (χ0n) is 25.6. The highest BCUT2D eigenvalue weighted by atomic mass is 32.1. The monoisotopic (exact) mass is 634 g/mol. The molecule has 5 heteroatoms. The topological polar surface area (TPSA) is 42.4 Å². The van der Waals surface area contributed by atoms with E-state index in [4.69, 9.17) is 13.8 Å². The summed E-state index contributed by atoms with van der Waals surface area (Å²) in [5.41, 5.74) is 10.8. The van der Waals surface area contributed by atoms with Crippen LogP contribution in [0.25, 0.3) is 75.8 Å². The molecule has 10 rings (SSSR count). The Balaban J connectivity index is 1.16. The fourth-order valence-corrected chi connectivity index (χ4v) is 8.05. The van der Waals surface area contributed by atoms with Crippen molar-refractivity contribution in [3.8, 4) is 21.7 Å². The Labute approximate surface area is 279 Å². The van der Waals surface area contributed by atoms with E-state index in [1.54, 1.807) is 11.3 Å². The average molecular weight is 635 g/mol. The summed E-state index contributed by atoms with van der Waals surface area (Å²) < 4.78 is 14.1. The van der Waals surface area contributed by atoms with Crippen LogP contribution in [-0.4, -0.2) is 4.98 Å². The molecule has 4 nitrogen and oxygen atoms in total. The summed E-state index contributed by atoms with van der Waals surface area (Å²) in [5.74, 6) is 0. The van der Waals surface area contributed by atoms with Crippen molar-refractivity contribution >= 4 is 82.5 Å². The number of anilines is 3. The molecular weight excluding hydrogens is 609 g/mol. The van der Waals surface area contributed by atoms with Gasteiger partial charge in [-0.2, -0.15) is 0 Å². The standard InChI is InChI=1S/C43H26N2O2S/c1-3-12-28(13-4-1)43-44-40-34(26-38-39(42(40)48-43)33-17-8-10-21-37(33)46-38)27-22-24-30(25-23-27)45(29-14-5-2-6-15-29)35-19-11-18-32-31-16-7-9-20-36(31)47-41(32)35/h1-26H. The molecule has 7 aromatic carbocycles. The maximum Gasteiger partial charge on any atom is 0.159 e. The Morgan fingerprint density at radius 3 is 1.94 bits per heavy atom. The Hall–Kier alpha value is -6.17. The second-order valence-corrected chi connectivity index (χ2v) is 12.9. The smallest absolute Gasteiger partial charge is 0.159 e. The minimum atomic E-state index is 0.861. The van der Waals surface area contributed by atoms with E-state index < -0.39 is 0 Å². The van der Waals surface area contributed by atoms with Crippen molar-refractivity contribution in [2.45, 2.75) is 0 Å². The van der Waals surface area contributed by atoms with Gasteiger partial charge in [0.1, 0.15) is 21.8 Å². The molecule has 0 bridgehead atoms. The highest BCUT2D eigenvalue weighted by Crippen LogP contribution is 2.46. The van der Waals surface area contributed by atoms with Crippen LogP contribution in [-0.2, 0) is 0 Å². The van der Waals surface area contributed by atoms with Crippen LogP contribution in [0.1, 0.15) is 0 Å². The van der Waals surface area contributed by atoms with Crippen molar-refractivity contribution in [1.29, 1.82) is 0 Å². The van der Waals surface area contributed by atoms with Crippen LogP contribution in [0.5, 0.6) is 0 Å². The molecule has 0 aliphatic heterocycles. The molecule has 10 aromatic rings. The number of aromatic nitrogens is 1. The molecule has 3 heterocycles. The first-order valence-electron chi connectivity index (χ1n) is 16.0. The van der Waals surface area contributed by atoms with E-state index in [1.807, 2.05) is 36.4 Å². The van der Waals surface area contributed by atoms with Gasteiger partial charge in [-0.3, -0.25) is 0 Å². The van der Waals surface area contributed by atoms with Crippen molar-refractivity contribution in [2.75, 3.05) is 4.90 Å². The number of hydrogen-bond donors (Lipinski definition) is 0. The summed E-state index contributed by atoms with van der Waals surface area (Å²) in [7, 11) is 0. The van der Waals surface area contributed by atoms with Gasteiger partial charge in [0.2, 0.25) is 0 Å². The molecule has 3 aromatic heterocycles. The lowest BCUT2D eigenvalue weighted by molar-refractivity contribution is 0.669. The molecule has 0 radical (unpaired) electrons. The van der Waals surface area contributed by atoms with Crippen LogP contribution in [0.2, 0.25) is 0 Å². The molecule has 0 spiro atoms. The van der Waals surface area contributed by atoms with Crippen molar-refractivity contribution in [1.82, 2.24) is 4.98 Å². The summed E-state index contributed by atoms with van der Waals surface area (Å²) in [6.07, 6.45) is 0. The molecule has 0 fully saturated rings. The van der Waals surface area contributed by atoms with Crippen molar-refractivity contribution < 1.29 is 8.83 Å². The van der Waals surface area contributed by atoms with Gasteiger partial charge >= 0.3 is 0 Å². The predicted molar refractivity (Wildman–Crippen MR) is 200 cm³/mol. The summed E-state index contributed by atoms with van der Waals surface area (Å²) in [6.45, 7) is 0. The van der Waals surface area contributed by atoms with E-state index >= 15 is 0 Å². The van der Waals surface area contributed by atoms with Crippen molar-refractivity contribution in [3.63, 3.8) is 0 Å². The van der Waals surface area contributed by atoms with Gasteiger partial charge in [-0.15, -0.1) is 11.3 Å². The van der Waals surface area contributed by atoms with E-state index in [0.29, 0.717) is 0 Å². The van der Waals surface area contributed by atoms with Gasteiger partial charge < -0.3 is 13.7 Å². The van der Waals surface area contributed by atoms with E-state index in [2.05, 4.69) is 126 Å². The lowest BCUT2D eigenvalue weighted by Gasteiger charge is -2.25. The Morgan fingerprint density at radius 2 is 1.15 bits per heavy atom. The second-order valence-electron chi connectivity index (χ2n) is 11.9.